The van der Waals surface area contributed by atoms with Gasteiger partial charge in [0.15, 0.2) is 5.82 Å². The van der Waals surface area contributed by atoms with Crippen molar-refractivity contribution < 1.29 is 14.3 Å². The molecule has 0 fully saturated rings. The molecule has 1 aromatic carbocycles. The average Bonchev–Trinajstić information content (AvgIpc) is 3.02. The summed E-state index contributed by atoms with van der Waals surface area (Å²) >= 11 is 0. The van der Waals surface area contributed by atoms with Crippen molar-refractivity contribution in [2.24, 2.45) is 0 Å². The van der Waals surface area contributed by atoms with Gasteiger partial charge in [0, 0.05) is 12.1 Å². The summed E-state index contributed by atoms with van der Waals surface area (Å²) in [6.07, 6.45) is 2.68. The van der Waals surface area contributed by atoms with E-state index in [0.717, 1.165) is 25.0 Å². The molecule has 1 aliphatic rings. The largest absolute Gasteiger partial charge is 0.492 e. The molecule has 7 nitrogen and oxygen atoms in total. The van der Waals surface area contributed by atoms with E-state index in [9.17, 15) is 9.59 Å². The zero-order valence-electron chi connectivity index (χ0n) is 17.0. The van der Waals surface area contributed by atoms with Crippen molar-refractivity contribution in [2.45, 2.75) is 59.0 Å². The number of carbonyl (C=O) groups is 2. The first kappa shape index (κ1) is 19.9. The van der Waals surface area contributed by atoms with E-state index >= 15 is 0 Å². The minimum atomic E-state index is -0.374. The molecule has 0 bridgehead atoms. The third-order valence-corrected chi connectivity index (χ3v) is 4.46. The van der Waals surface area contributed by atoms with Gasteiger partial charge in [-0.3, -0.25) is 9.59 Å². The summed E-state index contributed by atoms with van der Waals surface area (Å²) in [5.74, 6) is 0.284. The number of para-hydroxylation sites is 2. The standard InChI is InChI=1S/C21H28N4O3/c1-5-28-16-12-7-6-10-14(16)22-20(27)18-23-17(19(26)24-21(2,3)4)15-11-8-9-13-25(15)18/h6-7,10,12H,5,8-9,11,13H2,1-4H3,(H,22,27)(H,24,26). The number of anilines is 1. The van der Waals surface area contributed by atoms with Crippen LogP contribution in [0.1, 0.15) is 67.3 Å². The van der Waals surface area contributed by atoms with Gasteiger partial charge in [-0.25, -0.2) is 4.98 Å². The molecule has 0 atom stereocenters. The van der Waals surface area contributed by atoms with Crippen molar-refractivity contribution in [1.82, 2.24) is 14.9 Å². The molecule has 2 N–H and O–H groups in total. The lowest BCUT2D eigenvalue weighted by Gasteiger charge is -2.21. The highest BCUT2D eigenvalue weighted by molar-refractivity contribution is 6.04. The Morgan fingerprint density at radius 1 is 1.18 bits per heavy atom. The zero-order chi connectivity index (χ0) is 20.3. The number of amides is 2. The van der Waals surface area contributed by atoms with Crippen molar-refractivity contribution in [3.05, 3.63) is 41.5 Å². The van der Waals surface area contributed by atoms with Gasteiger partial charge in [-0.05, 0) is 59.1 Å². The van der Waals surface area contributed by atoms with Crippen molar-refractivity contribution in [3.8, 4) is 5.75 Å². The first-order chi connectivity index (χ1) is 13.3. The van der Waals surface area contributed by atoms with Crippen molar-refractivity contribution >= 4 is 17.5 Å². The van der Waals surface area contributed by atoms with E-state index in [-0.39, 0.29) is 23.2 Å². The monoisotopic (exact) mass is 384 g/mol. The maximum atomic E-state index is 13.0. The van der Waals surface area contributed by atoms with Gasteiger partial charge in [0.25, 0.3) is 11.8 Å². The highest BCUT2D eigenvalue weighted by Crippen LogP contribution is 2.26. The minimum absolute atomic E-state index is 0.244. The maximum Gasteiger partial charge on any atom is 0.291 e. The van der Waals surface area contributed by atoms with Gasteiger partial charge < -0.3 is 19.9 Å². The Labute approximate surface area is 165 Å². The topological polar surface area (TPSA) is 85.2 Å². The average molecular weight is 384 g/mol. The number of ether oxygens (including phenoxy) is 1. The predicted octanol–water partition coefficient (Wildman–Crippen LogP) is 3.40. The molecule has 2 aromatic rings. The molecule has 7 heteroatoms. The molecule has 150 valence electrons. The molecule has 0 saturated heterocycles. The third-order valence-electron chi connectivity index (χ3n) is 4.46. The van der Waals surface area contributed by atoms with E-state index in [2.05, 4.69) is 15.6 Å². The summed E-state index contributed by atoms with van der Waals surface area (Å²) < 4.78 is 7.45. The van der Waals surface area contributed by atoms with Crippen molar-refractivity contribution in [1.29, 1.82) is 0 Å². The Morgan fingerprint density at radius 3 is 2.64 bits per heavy atom. The van der Waals surface area contributed by atoms with Crippen LogP contribution in [0.25, 0.3) is 0 Å². The molecule has 0 radical (unpaired) electrons. The Balaban J connectivity index is 1.92. The molecule has 3 rings (SSSR count). The van der Waals surface area contributed by atoms with Crippen LogP contribution in [0.15, 0.2) is 24.3 Å². The fourth-order valence-electron chi connectivity index (χ4n) is 3.33. The van der Waals surface area contributed by atoms with Crippen LogP contribution in [-0.4, -0.2) is 33.5 Å². The molecule has 0 unspecified atom stereocenters. The van der Waals surface area contributed by atoms with Crippen LogP contribution in [-0.2, 0) is 13.0 Å². The van der Waals surface area contributed by atoms with Gasteiger partial charge in [0.1, 0.15) is 11.4 Å². The van der Waals surface area contributed by atoms with Crippen molar-refractivity contribution in [3.63, 3.8) is 0 Å². The van der Waals surface area contributed by atoms with Crippen LogP contribution in [0.4, 0.5) is 5.69 Å². The Kier molecular flexibility index (Phi) is 5.72. The van der Waals surface area contributed by atoms with Crippen LogP contribution in [0.3, 0.4) is 0 Å². The lowest BCUT2D eigenvalue weighted by molar-refractivity contribution is 0.0913. The second-order valence-electron chi connectivity index (χ2n) is 7.93. The van der Waals surface area contributed by atoms with Crippen LogP contribution >= 0.6 is 0 Å². The molecule has 0 aliphatic carbocycles. The molecule has 28 heavy (non-hydrogen) atoms. The molecular weight excluding hydrogens is 356 g/mol. The molecular formula is C21H28N4O3. The zero-order valence-corrected chi connectivity index (χ0v) is 17.0. The molecule has 1 aromatic heterocycles. The van der Waals surface area contributed by atoms with Crippen LogP contribution in [0, 0.1) is 0 Å². The Morgan fingerprint density at radius 2 is 1.93 bits per heavy atom. The van der Waals surface area contributed by atoms with Gasteiger partial charge in [0.05, 0.1) is 18.0 Å². The second-order valence-corrected chi connectivity index (χ2v) is 7.93. The molecule has 2 heterocycles. The Hall–Kier alpha value is -2.83. The lowest BCUT2D eigenvalue weighted by atomic mass is 10.1. The van der Waals surface area contributed by atoms with Gasteiger partial charge in [-0.1, -0.05) is 12.1 Å². The number of imidazole rings is 1. The van der Waals surface area contributed by atoms with Gasteiger partial charge in [-0.2, -0.15) is 0 Å². The first-order valence-corrected chi connectivity index (χ1v) is 9.75. The summed E-state index contributed by atoms with van der Waals surface area (Å²) in [6.45, 7) is 8.84. The van der Waals surface area contributed by atoms with Crippen LogP contribution in [0.2, 0.25) is 0 Å². The molecule has 1 aliphatic heterocycles. The van der Waals surface area contributed by atoms with E-state index in [1.165, 1.54) is 0 Å². The number of rotatable bonds is 5. The maximum absolute atomic E-state index is 13.0. The van der Waals surface area contributed by atoms with E-state index in [1.54, 1.807) is 6.07 Å². The van der Waals surface area contributed by atoms with Gasteiger partial charge in [-0.15, -0.1) is 0 Å². The number of hydrogen-bond donors (Lipinski definition) is 2. The number of fused-ring (bicyclic) bond motifs is 1. The fourth-order valence-corrected chi connectivity index (χ4v) is 3.33. The van der Waals surface area contributed by atoms with E-state index in [0.29, 0.717) is 30.3 Å². The number of nitrogens with one attached hydrogen (secondary N) is 2. The van der Waals surface area contributed by atoms with Crippen LogP contribution < -0.4 is 15.4 Å². The summed E-state index contributed by atoms with van der Waals surface area (Å²) in [4.78, 5) is 30.2. The van der Waals surface area contributed by atoms with E-state index < -0.39 is 0 Å². The summed E-state index contributed by atoms with van der Waals surface area (Å²) in [7, 11) is 0. The van der Waals surface area contributed by atoms with Crippen molar-refractivity contribution in [2.75, 3.05) is 11.9 Å². The molecule has 0 spiro atoms. The SMILES string of the molecule is CCOc1ccccc1NC(=O)c1nc(C(=O)NC(C)(C)C)c2n1CCCC2. The van der Waals surface area contributed by atoms with E-state index in [1.807, 2.05) is 50.5 Å². The summed E-state index contributed by atoms with van der Waals surface area (Å²) in [5, 5.41) is 5.83. The van der Waals surface area contributed by atoms with Gasteiger partial charge in [0.2, 0.25) is 0 Å². The number of benzene rings is 1. The summed E-state index contributed by atoms with van der Waals surface area (Å²) in [6, 6.07) is 7.28. The highest BCUT2D eigenvalue weighted by Gasteiger charge is 2.29. The highest BCUT2D eigenvalue weighted by atomic mass is 16.5. The number of aromatic nitrogens is 2. The molecule has 2 amide bonds. The fraction of sp³-hybridized carbons (Fsp3) is 0.476. The number of hydrogen-bond acceptors (Lipinski definition) is 4. The number of nitrogens with zero attached hydrogens (tertiary/aromatic N) is 2. The van der Waals surface area contributed by atoms with E-state index in [4.69, 9.17) is 4.74 Å². The summed E-state index contributed by atoms with van der Waals surface area (Å²) in [5.41, 5.74) is 1.39. The lowest BCUT2D eigenvalue weighted by Crippen LogP contribution is -2.41. The van der Waals surface area contributed by atoms with Gasteiger partial charge >= 0.3 is 0 Å². The normalized spacial score (nSPS) is 13.6. The minimum Gasteiger partial charge on any atom is -0.492 e. The molecule has 0 saturated carbocycles. The third kappa shape index (κ3) is 4.35. The first-order valence-electron chi connectivity index (χ1n) is 9.75. The van der Waals surface area contributed by atoms with Crippen LogP contribution in [0.5, 0.6) is 5.75 Å². The quantitative estimate of drug-likeness (QED) is 0.827. The predicted molar refractivity (Wildman–Crippen MR) is 108 cm³/mol. The smallest absolute Gasteiger partial charge is 0.291 e. The number of carbonyl (C=O) groups excluding carboxylic acids is 2. The second kappa shape index (κ2) is 8.04. The Bertz CT molecular complexity index is 880.